The van der Waals surface area contributed by atoms with Gasteiger partial charge in [-0.15, -0.1) is 0 Å². The van der Waals surface area contributed by atoms with Gasteiger partial charge in [0, 0.05) is 12.1 Å². The minimum Gasteiger partial charge on any atom is -0.479 e. The normalized spacial score (nSPS) is 18.9. The molecule has 4 heteroatoms. The summed E-state index contributed by atoms with van der Waals surface area (Å²) in [5.41, 5.74) is 2.30. The summed E-state index contributed by atoms with van der Waals surface area (Å²) in [5.74, 6) is 0.682. The van der Waals surface area contributed by atoms with E-state index in [2.05, 4.69) is 23.6 Å². The molecule has 1 heterocycles. The highest BCUT2D eigenvalue weighted by Gasteiger charge is 2.21. The van der Waals surface area contributed by atoms with Crippen molar-refractivity contribution < 1.29 is 9.53 Å². The smallest absolute Gasteiger partial charge is 0.260 e. The van der Waals surface area contributed by atoms with Crippen LogP contribution in [0.15, 0.2) is 18.2 Å². The second kappa shape index (κ2) is 6.16. The minimum absolute atomic E-state index is 0.0820. The van der Waals surface area contributed by atoms with Crippen molar-refractivity contribution in [1.29, 1.82) is 0 Å². The Morgan fingerprint density at radius 1 is 1.40 bits per heavy atom. The van der Waals surface area contributed by atoms with Gasteiger partial charge in [-0.3, -0.25) is 4.79 Å². The minimum atomic E-state index is -0.497. The van der Waals surface area contributed by atoms with E-state index in [0.717, 1.165) is 24.3 Å². The number of para-hydroxylation sites is 1. The molecule has 0 aliphatic carbocycles. The number of benzene rings is 1. The van der Waals surface area contributed by atoms with Crippen molar-refractivity contribution in [3.63, 3.8) is 0 Å². The number of ether oxygens (including phenoxy) is 1. The van der Waals surface area contributed by atoms with Crippen LogP contribution >= 0.6 is 0 Å². The number of hydrogen-bond donors (Lipinski definition) is 2. The lowest BCUT2D eigenvalue weighted by Crippen LogP contribution is -2.40. The zero-order valence-electron chi connectivity index (χ0n) is 12.7. The zero-order valence-corrected chi connectivity index (χ0v) is 12.7. The molecule has 1 amide bonds. The van der Waals surface area contributed by atoms with E-state index in [1.54, 1.807) is 6.92 Å². The summed E-state index contributed by atoms with van der Waals surface area (Å²) in [7, 11) is 0. The monoisotopic (exact) mass is 276 g/mol. The highest BCUT2D eigenvalue weighted by molar-refractivity contribution is 5.81. The van der Waals surface area contributed by atoms with Crippen LogP contribution in [0.5, 0.6) is 5.75 Å². The van der Waals surface area contributed by atoms with Crippen LogP contribution in [0.1, 0.15) is 39.7 Å². The number of amides is 1. The van der Waals surface area contributed by atoms with Gasteiger partial charge in [0.2, 0.25) is 0 Å². The quantitative estimate of drug-likeness (QED) is 0.889. The third-order valence-electron chi connectivity index (χ3n) is 3.45. The van der Waals surface area contributed by atoms with E-state index in [9.17, 15) is 4.79 Å². The molecule has 0 saturated carbocycles. The Balaban J connectivity index is 2.12. The Morgan fingerprint density at radius 2 is 2.15 bits per heavy atom. The van der Waals surface area contributed by atoms with Crippen molar-refractivity contribution in [2.24, 2.45) is 0 Å². The van der Waals surface area contributed by atoms with E-state index >= 15 is 0 Å². The van der Waals surface area contributed by atoms with Crippen molar-refractivity contribution in [3.05, 3.63) is 23.8 Å². The molecular formula is C16H24N2O2. The molecule has 0 spiro atoms. The number of carbonyl (C=O) groups is 1. The van der Waals surface area contributed by atoms with Crippen LogP contribution in [0, 0.1) is 0 Å². The van der Waals surface area contributed by atoms with Gasteiger partial charge >= 0.3 is 0 Å². The van der Waals surface area contributed by atoms with E-state index in [4.69, 9.17) is 4.74 Å². The standard InChI is InChI=1S/C16H24N2O2/c1-10(2)17-16(19)12(4)20-14-7-5-6-13-9-8-11(3)18-15(13)14/h5-7,10-12,18H,8-9H2,1-4H3,(H,17,19). The van der Waals surface area contributed by atoms with Crippen molar-refractivity contribution >= 4 is 11.6 Å². The fourth-order valence-corrected chi connectivity index (χ4v) is 2.38. The van der Waals surface area contributed by atoms with Gasteiger partial charge in [0.15, 0.2) is 6.10 Å². The molecule has 2 unspecified atom stereocenters. The average Bonchev–Trinajstić information content (AvgIpc) is 2.38. The van der Waals surface area contributed by atoms with Crippen molar-refractivity contribution in [2.75, 3.05) is 5.32 Å². The Morgan fingerprint density at radius 3 is 2.85 bits per heavy atom. The second-order valence-corrected chi connectivity index (χ2v) is 5.80. The summed E-state index contributed by atoms with van der Waals surface area (Å²) in [6.45, 7) is 7.83. The van der Waals surface area contributed by atoms with E-state index in [1.165, 1.54) is 5.56 Å². The first-order valence-electron chi connectivity index (χ1n) is 7.33. The summed E-state index contributed by atoms with van der Waals surface area (Å²) in [4.78, 5) is 11.9. The van der Waals surface area contributed by atoms with Crippen molar-refractivity contribution in [1.82, 2.24) is 5.32 Å². The molecule has 0 fully saturated rings. The molecule has 2 N–H and O–H groups in total. The molecule has 1 aromatic carbocycles. The summed E-state index contributed by atoms with van der Waals surface area (Å²) in [6.07, 6.45) is 1.68. The van der Waals surface area contributed by atoms with Crippen LogP contribution in [0.2, 0.25) is 0 Å². The Bertz CT molecular complexity index is 485. The van der Waals surface area contributed by atoms with Crippen LogP contribution in [0.3, 0.4) is 0 Å². The first-order chi connectivity index (χ1) is 9.47. The first kappa shape index (κ1) is 14.7. The summed E-state index contributed by atoms with van der Waals surface area (Å²) >= 11 is 0. The lowest BCUT2D eigenvalue weighted by Gasteiger charge is -2.27. The van der Waals surface area contributed by atoms with E-state index in [0.29, 0.717) is 6.04 Å². The van der Waals surface area contributed by atoms with E-state index in [-0.39, 0.29) is 11.9 Å². The van der Waals surface area contributed by atoms with Crippen LogP contribution in [0.4, 0.5) is 5.69 Å². The summed E-state index contributed by atoms with van der Waals surface area (Å²) in [6, 6.07) is 6.57. The molecular weight excluding hydrogens is 252 g/mol. The number of hydrogen-bond acceptors (Lipinski definition) is 3. The van der Waals surface area contributed by atoms with Crippen molar-refractivity contribution in [3.8, 4) is 5.75 Å². The number of anilines is 1. The van der Waals surface area contributed by atoms with Crippen LogP contribution < -0.4 is 15.4 Å². The number of rotatable bonds is 4. The SMILES string of the molecule is CC(C)NC(=O)C(C)Oc1cccc2c1NC(C)CC2. The predicted molar refractivity (Wildman–Crippen MR) is 81.2 cm³/mol. The van der Waals surface area contributed by atoms with Crippen LogP contribution in [0.25, 0.3) is 0 Å². The number of carbonyl (C=O) groups excluding carboxylic acids is 1. The fraction of sp³-hybridized carbons (Fsp3) is 0.562. The lowest BCUT2D eigenvalue weighted by molar-refractivity contribution is -0.127. The number of nitrogens with one attached hydrogen (secondary N) is 2. The third kappa shape index (κ3) is 3.44. The molecule has 2 atom stereocenters. The van der Waals surface area contributed by atoms with Crippen molar-refractivity contribution in [2.45, 2.75) is 58.7 Å². The molecule has 0 bridgehead atoms. The Kier molecular flexibility index (Phi) is 4.53. The molecule has 1 aliphatic heterocycles. The van der Waals surface area contributed by atoms with Gasteiger partial charge < -0.3 is 15.4 Å². The molecule has 0 aromatic heterocycles. The van der Waals surface area contributed by atoms with Gasteiger partial charge in [0.1, 0.15) is 5.75 Å². The zero-order chi connectivity index (χ0) is 14.7. The Hall–Kier alpha value is -1.71. The maximum absolute atomic E-state index is 11.9. The predicted octanol–water partition coefficient (Wildman–Crippen LogP) is 2.73. The summed E-state index contributed by atoms with van der Waals surface area (Å²) in [5, 5.41) is 6.32. The third-order valence-corrected chi connectivity index (χ3v) is 3.45. The number of aryl methyl sites for hydroxylation is 1. The first-order valence-corrected chi connectivity index (χ1v) is 7.33. The van der Waals surface area contributed by atoms with Gasteiger partial charge in [-0.1, -0.05) is 12.1 Å². The van der Waals surface area contributed by atoms with Gasteiger partial charge in [-0.2, -0.15) is 0 Å². The Labute approximate surface area is 120 Å². The van der Waals surface area contributed by atoms with E-state index in [1.807, 2.05) is 26.0 Å². The molecule has 2 rings (SSSR count). The van der Waals surface area contributed by atoms with Gasteiger partial charge in [0.05, 0.1) is 5.69 Å². The van der Waals surface area contributed by atoms with E-state index < -0.39 is 6.10 Å². The molecule has 4 nitrogen and oxygen atoms in total. The second-order valence-electron chi connectivity index (χ2n) is 5.80. The highest BCUT2D eigenvalue weighted by atomic mass is 16.5. The van der Waals surface area contributed by atoms with Gasteiger partial charge in [-0.25, -0.2) is 0 Å². The van der Waals surface area contributed by atoms with Crippen LogP contribution in [-0.4, -0.2) is 24.1 Å². The van der Waals surface area contributed by atoms with Crippen LogP contribution in [-0.2, 0) is 11.2 Å². The topological polar surface area (TPSA) is 50.4 Å². The maximum Gasteiger partial charge on any atom is 0.260 e. The lowest BCUT2D eigenvalue weighted by atomic mass is 9.98. The molecule has 0 saturated heterocycles. The molecule has 1 aliphatic rings. The van der Waals surface area contributed by atoms with Gasteiger partial charge in [0.25, 0.3) is 5.91 Å². The highest BCUT2D eigenvalue weighted by Crippen LogP contribution is 2.34. The summed E-state index contributed by atoms with van der Waals surface area (Å²) < 4.78 is 5.85. The van der Waals surface area contributed by atoms with Gasteiger partial charge in [-0.05, 0) is 52.2 Å². The molecule has 20 heavy (non-hydrogen) atoms. The molecule has 1 aromatic rings. The average molecular weight is 276 g/mol. The largest absolute Gasteiger partial charge is 0.479 e. The fourth-order valence-electron chi connectivity index (χ4n) is 2.38. The molecule has 110 valence electrons. The number of fused-ring (bicyclic) bond motifs is 1. The molecule has 0 radical (unpaired) electrons. The maximum atomic E-state index is 11.9.